The van der Waals surface area contributed by atoms with Crippen molar-refractivity contribution in [3.8, 4) is 0 Å². The first-order valence-electron chi connectivity index (χ1n) is 6.88. The summed E-state index contributed by atoms with van der Waals surface area (Å²) in [6.07, 6.45) is 4.10. The third-order valence-electron chi connectivity index (χ3n) is 3.97. The molecule has 0 saturated heterocycles. The first-order chi connectivity index (χ1) is 10.2. The van der Waals surface area contributed by atoms with Gasteiger partial charge >= 0.3 is 0 Å². The highest BCUT2D eigenvalue weighted by atomic mass is 16.1. The maximum absolute atomic E-state index is 12.7. The van der Waals surface area contributed by atoms with Gasteiger partial charge in [-0.05, 0) is 52.2 Å². The Morgan fingerprint density at radius 2 is 1.67 bits per heavy atom. The highest BCUT2D eigenvalue weighted by Gasteiger charge is 2.18. The van der Waals surface area contributed by atoms with Crippen LogP contribution in [-0.2, 0) is 0 Å². The molecule has 0 aromatic heterocycles. The molecular weight excluding hydrogens is 258 g/mol. The Morgan fingerprint density at radius 1 is 0.857 bits per heavy atom. The number of anilines is 1. The van der Waals surface area contributed by atoms with E-state index >= 15 is 0 Å². The van der Waals surface area contributed by atoms with Gasteiger partial charge in [0, 0.05) is 16.8 Å². The maximum Gasteiger partial charge on any atom is 0.193 e. The molecule has 3 aromatic carbocycles. The molecule has 0 heterocycles. The molecule has 21 heavy (non-hydrogen) atoms. The van der Waals surface area contributed by atoms with Gasteiger partial charge < -0.3 is 5.73 Å². The predicted molar refractivity (Wildman–Crippen MR) is 87.2 cm³/mol. The monoisotopic (exact) mass is 271 g/mol. The molecule has 3 aromatic rings. The Hall–Kier alpha value is -2.87. The Morgan fingerprint density at radius 3 is 2.48 bits per heavy atom. The van der Waals surface area contributed by atoms with E-state index in [4.69, 9.17) is 5.73 Å². The number of carbonyl (C=O) groups excluding carboxylic acids is 1. The molecule has 4 rings (SSSR count). The summed E-state index contributed by atoms with van der Waals surface area (Å²) in [5.41, 5.74) is 9.95. The molecule has 100 valence electrons. The van der Waals surface area contributed by atoms with Crippen LogP contribution in [0.1, 0.15) is 27.0 Å². The standard InChI is InChI=1S/C19H13NO/c20-15-8-4-14(5-9-15)19(21)17-11-7-13-3-1-2-12-6-10-16(17)18(12)13/h1-11H,20H2. The minimum absolute atomic E-state index is 0.0354. The summed E-state index contributed by atoms with van der Waals surface area (Å²) in [4.78, 5) is 12.7. The van der Waals surface area contributed by atoms with Crippen LogP contribution in [0.2, 0.25) is 0 Å². The van der Waals surface area contributed by atoms with E-state index in [0.717, 1.165) is 11.1 Å². The molecule has 0 spiro atoms. The number of nitrogen functional groups attached to an aromatic ring is 1. The van der Waals surface area contributed by atoms with Gasteiger partial charge in [0.15, 0.2) is 5.78 Å². The van der Waals surface area contributed by atoms with Crippen LogP contribution in [0.3, 0.4) is 0 Å². The predicted octanol–water partition coefficient (Wildman–Crippen LogP) is 4.14. The summed E-state index contributed by atoms with van der Waals surface area (Å²) in [5.74, 6) is 0.0354. The van der Waals surface area contributed by atoms with Gasteiger partial charge in [-0.1, -0.05) is 36.4 Å². The molecule has 2 N–H and O–H groups in total. The summed E-state index contributed by atoms with van der Waals surface area (Å²) in [5, 5.41) is 2.33. The lowest BCUT2D eigenvalue weighted by atomic mass is 9.94. The molecule has 1 aliphatic rings. The average Bonchev–Trinajstić information content (AvgIpc) is 2.94. The highest BCUT2D eigenvalue weighted by Crippen LogP contribution is 2.34. The van der Waals surface area contributed by atoms with Crippen LogP contribution < -0.4 is 5.73 Å². The van der Waals surface area contributed by atoms with E-state index in [0.29, 0.717) is 11.3 Å². The zero-order valence-electron chi connectivity index (χ0n) is 11.3. The molecule has 2 nitrogen and oxygen atoms in total. The lowest BCUT2D eigenvalue weighted by molar-refractivity contribution is 0.103. The topological polar surface area (TPSA) is 43.1 Å². The molecule has 0 amide bonds. The van der Waals surface area contributed by atoms with Crippen LogP contribution in [0, 0.1) is 0 Å². The summed E-state index contributed by atoms with van der Waals surface area (Å²) in [6.45, 7) is 0. The smallest absolute Gasteiger partial charge is 0.193 e. The Bertz CT molecular complexity index is 905. The summed E-state index contributed by atoms with van der Waals surface area (Å²) < 4.78 is 0. The third-order valence-corrected chi connectivity index (χ3v) is 3.97. The fourth-order valence-electron chi connectivity index (χ4n) is 2.91. The van der Waals surface area contributed by atoms with Crippen molar-refractivity contribution in [1.82, 2.24) is 0 Å². The Balaban J connectivity index is 1.91. The molecule has 0 fully saturated rings. The van der Waals surface area contributed by atoms with Gasteiger partial charge in [0.2, 0.25) is 0 Å². The molecule has 0 aliphatic heterocycles. The Kier molecular flexibility index (Phi) is 2.45. The average molecular weight is 271 g/mol. The lowest BCUT2D eigenvalue weighted by Crippen LogP contribution is -2.04. The van der Waals surface area contributed by atoms with Gasteiger partial charge in [-0.3, -0.25) is 4.79 Å². The lowest BCUT2D eigenvalue weighted by Gasteiger charge is -2.08. The van der Waals surface area contributed by atoms with Crippen LogP contribution in [0.15, 0.2) is 54.6 Å². The minimum Gasteiger partial charge on any atom is -0.399 e. The minimum atomic E-state index is 0.0354. The van der Waals surface area contributed by atoms with Crippen molar-refractivity contribution in [3.63, 3.8) is 0 Å². The van der Waals surface area contributed by atoms with E-state index in [-0.39, 0.29) is 5.78 Å². The SMILES string of the molecule is Nc1ccc(C(=O)c2ccc3cccc4c3c2C=C4)cc1. The van der Waals surface area contributed by atoms with Crippen LogP contribution in [-0.4, -0.2) is 5.78 Å². The van der Waals surface area contributed by atoms with Gasteiger partial charge in [0.1, 0.15) is 0 Å². The normalized spacial score (nSPS) is 12.0. The highest BCUT2D eigenvalue weighted by molar-refractivity contribution is 6.17. The van der Waals surface area contributed by atoms with Crippen LogP contribution in [0.5, 0.6) is 0 Å². The number of hydrogen-bond donors (Lipinski definition) is 1. The second kappa shape index (κ2) is 4.32. The number of rotatable bonds is 2. The number of nitrogens with two attached hydrogens (primary N) is 1. The van der Waals surface area contributed by atoms with Crippen molar-refractivity contribution in [3.05, 3.63) is 76.9 Å². The number of ketones is 1. The molecule has 2 heteroatoms. The molecule has 1 aliphatic carbocycles. The van der Waals surface area contributed by atoms with E-state index in [1.54, 1.807) is 24.3 Å². The molecule has 0 bridgehead atoms. The molecule has 0 atom stereocenters. The number of benzene rings is 3. The summed E-state index contributed by atoms with van der Waals surface area (Å²) in [7, 11) is 0. The van der Waals surface area contributed by atoms with E-state index < -0.39 is 0 Å². The quantitative estimate of drug-likeness (QED) is 0.440. The zero-order chi connectivity index (χ0) is 14.4. The van der Waals surface area contributed by atoms with E-state index in [1.165, 1.54) is 16.3 Å². The van der Waals surface area contributed by atoms with Crippen molar-refractivity contribution in [2.45, 2.75) is 0 Å². The van der Waals surface area contributed by atoms with Crippen molar-refractivity contribution in [1.29, 1.82) is 0 Å². The molecular formula is C19H13NO. The molecule has 0 unspecified atom stereocenters. The molecule has 0 saturated carbocycles. The van der Waals surface area contributed by atoms with E-state index in [2.05, 4.69) is 18.2 Å². The molecule has 0 radical (unpaired) electrons. The zero-order valence-corrected chi connectivity index (χ0v) is 11.3. The fraction of sp³-hybridized carbons (Fsp3) is 0. The first-order valence-corrected chi connectivity index (χ1v) is 6.88. The summed E-state index contributed by atoms with van der Waals surface area (Å²) >= 11 is 0. The van der Waals surface area contributed by atoms with Crippen molar-refractivity contribution in [2.75, 3.05) is 5.73 Å². The van der Waals surface area contributed by atoms with Crippen LogP contribution >= 0.6 is 0 Å². The van der Waals surface area contributed by atoms with Crippen molar-refractivity contribution in [2.24, 2.45) is 0 Å². The third kappa shape index (κ3) is 1.77. The van der Waals surface area contributed by atoms with Gasteiger partial charge in [-0.25, -0.2) is 0 Å². The van der Waals surface area contributed by atoms with Crippen LogP contribution in [0.4, 0.5) is 5.69 Å². The van der Waals surface area contributed by atoms with Crippen molar-refractivity contribution >= 4 is 34.4 Å². The van der Waals surface area contributed by atoms with E-state index in [9.17, 15) is 4.79 Å². The van der Waals surface area contributed by atoms with Gasteiger partial charge in [-0.2, -0.15) is 0 Å². The van der Waals surface area contributed by atoms with Crippen LogP contribution in [0.25, 0.3) is 22.9 Å². The number of hydrogen-bond acceptors (Lipinski definition) is 2. The fourth-order valence-corrected chi connectivity index (χ4v) is 2.91. The summed E-state index contributed by atoms with van der Waals surface area (Å²) in [6, 6.07) is 17.2. The second-order valence-electron chi connectivity index (χ2n) is 5.26. The largest absolute Gasteiger partial charge is 0.399 e. The first kappa shape index (κ1) is 11.9. The van der Waals surface area contributed by atoms with Crippen molar-refractivity contribution < 1.29 is 4.79 Å². The van der Waals surface area contributed by atoms with Gasteiger partial charge in [-0.15, -0.1) is 0 Å². The second-order valence-corrected chi connectivity index (χ2v) is 5.26. The Labute approximate surface area is 122 Å². The van der Waals surface area contributed by atoms with Gasteiger partial charge in [0.05, 0.1) is 0 Å². The van der Waals surface area contributed by atoms with E-state index in [1.807, 2.05) is 24.3 Å². The maximum atomic E-state index is 12.7. The van der Waals surface area contributed by atoms with Gasteiger partial charge in [0.25, 0.3) is 0 Å². The number of carbonyl (C=O) groups is 1.